The van der Waals surface area contributed by atoms with Gasteiger partial charge in [0.25, 0.3) is 11.4 Å². The Morgan fingerprint density at radius 2 is 1.65 bits per heavy atom. The topological polar surface area (TPSA) is 106 Å². The molecular formula is C21H18N4O5S. The monoisotopic (exact) mass is 438 g/mol. The van der Waals surface area contributed by atoms with Gasteiger partial charge in [0.15, 0.2) is 5.76 Å². The van der Waals surface area contributed by atoms with Crippen molar-refractivity contribution in [1.29, 1.82) is 0 Å². The van der Waals surface area contributed by atoms with E-state index in [-0.39, 0.29) is 16.3 Å². The third-order valence-corrected chi connectivity index (χ3v) is 5.60. The van der Waals surface area contributed by atoms with E-state index < -0.39 is 4.92 Å². The first-order valence-corrected chi connectivity index (χ1v) is 9.97. The zero-order chi connectivity index (χ0) is 22.0. The summed E-state index contributed by atoms with van der Waals surface area (Å²) in [6.45, 7) is 2.36. The minimum atomic E-state index is -0.450. The zero-order valence-electron chi connectivity index (χ0n) is 16.3. The molecule has 1 saturated heterocycles. The molecule has 0 N–H and O–H groups in total. The van der Waals surface area contributed by atoms with Crippen LogP contribution in [-0.2, 0) is 0 Å². The fourth-order valence-electron chi connectivity index (χ4n) is 3.57. The number of anilines is 1. The maximum Gasteiger partial charge on any atom is 0.292 e. The maximum atomic E-state index is 11.3. The van der Waals surface area contributed by atoms with Crippen LogP contribution in [0.15, 0.2) is 65.1 Å². The van der Waals surface area contributed by atoms with Crippen LogP contribution in [0.1, 0.15) is 5.76 Å². The van der Waals surface area contributed by atoms with Gasteiger partial charge in [-0.1, -0.05) is 36.5 Å². The molecule has 1 aliphatic rings. The van der Waals surface area contributed by atoms with E-state index in [1.807, 2.05) is 9.80 Å². The van der Waals surface area contributed by atoms with Crippen molar-refractivity contribution >= 4 is 34.3 Å². The van der Waals surface area contributed by atoms with Crippen molar-refractivity contribution in [2.45, 2.75) is 0 Å². The second-order valence-corrected chi connectivity index (χ2v) is 7.38. The molecule has 9 nitrogen and oxygen atoms in total. The summed E-state index contributed by atoms with van der Waals surface area (Å²) >= 11 is 5.59. The SMILES string of the molecule is O=[N+]([O-])c1cccc(-c2ccc(C(=S)N3CCN(c4ccccc4[N+](=O)[O-])CC3)o2)c1. The van der Waals surface area contributed by atoms with Crippen molar-refractivity contribution in [1.82, 2.24) is 4.90 Å². The molecule has 0 bridgehead atoms. The van der Waals surface area contributed by atoms with Gasteiger partial charge in [0.2, 0.25) is 0 Å². The number of para-hydroxylation sites is 2. The smallest absolute Gasteiger partial charge is 0.292 e. The minimum Gasteiger partial charge on any atom is -0.454 e. The van der Waals surface area contributed by atoms with Gasteiger partial charge in [-0.05, 0) is 18.2 Å². The number of non-ortho nitro benzene ring substituents is 1. The number of piperazine rings is 1. The van der Waals surface area contributed by atoms with Gasteiger partial charge >= 0.3 is 0 Å². The molecule has 158 valence electrons. The van der Waals surface area contributed by atoms with Gasteiger partial charge in [-0.15, -0.1) is 0 Å². The first kappa shape index (κ1) is 20.5. The Hall–Kier alpha value is -3.79. The minimum absolute atomic E-state index is 0.0100. The van der Waals surface area contributed by atoms with E-state index in [9.17, 15) is 20.2 Å². The van der Waals surface area contributed by atoms with Crippen LogP contribution >= 0.6 is 12.2 Å². The lowest BCUT2D eigenvalue weighted by molar-refractivity contribution is -0.384. The van der Waals surface area contributed by atoms with E-state index in [1.54, 1.807) is 42.5 Å². The summed E-state index contributed by atoms with van der Waals surface area (Å²) < 4.78 is 5.87. The lowest BCUT2D eigenvalue weighted by Crippen LogP contribution is -2.48. The van der Waals surface area contributed by atoms with Crippen LogP contribution in [0.25, 0.3) is 11.3 Å². The fourth-order valence-corrected chi connectivity index (χ4v) is 3.87. The molecule has 2 heterocycles. The van der Waals surface area contributed by atoms with E-state index in [2.05, 4.69) is 0 Å². The van der Waals surface area contributed by atoms with Crippen LogP contribution in [0.3, 0.4) is 0 Å². The number of thiocarbonyl (C=S) groups is 1. The van der Waals surface area contributed by atoms with Gasteiger partial charge in [0.05, 0.1) is 9.85 Å². The number of nitro benzene ring substituents is 2. The Labute approximate surface area is 182 Å². The predicted molar refractivity (Wildman–Crippen MR) is 119 cm³/mol. The van der Waals surface area contributed by atoms with E-state index in [1.165, 1.54) is 18.2 Å². The lowest BCUT2D eigenvalue weighted by Gasteiger charge is -2.36. The molecule has 31 heavy (non-hydrogen) atoms. The second-order valence-electron chi connectivity index (χ2n) is 7.00. The largest absolute Gasteiger partial charge is 0.454 e. The quantitative estimate of drug-likeness (QED) is 0.330. The zero-order valence-corrected chi connectivity index (χ0v) is 17.2. The molecule has 1 aromatic heterocycles. The highest BCUT2D eigenvalue weighted by molar-refractivity contribution is 7.80. The van der Waals surface area contributed by atoms with Crippen LogP contribution in [0.5, 0.6) is 0 Å². The third kappa shape index (κ3) is 4.24. The first-order chi connectivity index (χ1) is 14.9. The molecule has 0 saturated carbocycles. The molecule has 0 amide bonds. The second kappa shape index (κ2) is 8.52. The summed E-state index contributed by atoms with van der Waals surface area (Å²) in [5.74, 6) is 1.01. The van der Waals surface area contributed by atoms with Crippen molar-refractivity contribution in [3.8, 4) is 11.3 Å². The Bertz CT molecular complexity index is 1150. The summed E-state index contributed by atoms with van der Waals surface area (Å²) in [7, 11) is 0. The molecule has 3 aromatic rings. The van der Waals surface area contributed by atoms with Gasteiger partial charge in [0.1, 0.15) is 16.4 Å². The summed E-state index contributed by atoms with van der Waals surface area (Å²) in [5, 5.41) is 22.3. The lowest BCUT2D eigenvalue weighted by atomic mass is 10.1. The van der Waals surface area contributed by atoms with Gasteiger partial charge in [-0.2, -0.15) is 0 Å². The molecular weight excluding hydrogens is 420 g/mol. The number of benzene rings is 2. The van der Waals surface area contributed by atoms with Gasteiger partial charge in [-0.3, -0.25) is 20.2 Å². The van der Waals surface area contributed by atoms with E-state index >= 15 is 0 Å². The highest BCUT2D eigenvalue weighted by Crippen LogP contribution is 2.29. The highest BCUT2D eigenvalue weighted by atomic mass is 32.1. The van der Waals surface area contributed by atoms with Crippen molar-refractivity contribution in [2.24, 2.45) is 0 Å². The number of furan rings is 1. The van der Waals surface area contributed by atoms with E-state index in [0.717, 1.165) is 0 Å². The van der Waals surface area contributed by atoms with E-state index in [0.29, 0.717) is 53.9 Å². The van der Waals surface area contributed by atoms with Crippen molar-refractivity contribution in [3.05, 3.63) is 86.7 Å². The number of rotatable bonds is 5. The molecule has 1 fully saturated rings. The Balaban J connectivity index is 1.45. The molecule has 0 aliphatic carbocycles. The Morgan fingerprint density at radius 3 is 2.35 bits per heavy atom. The molecule has 0 unspecified atom stereocenters. The van der Waals surface area contributed by atoms with E-state index in [4.69, 9.17) is 16.6 Å². The van der Waals surface area contributed by atoms with Crippen LogP contribution in [-0.4, -0.2) is 45.9 Å². The van der Waals surface area contributed by atoms with Crippen molar-refractivity contribution in [2.75, 3.05) is 31.1 Å². The van der Waals surface area contributed by atoms with Crippen LogP contribution < -0.4 is 4.90 Å². The van der Waals surface area contributed by atoms with Crippen LogP contribution in [0, 0.1) is 20.2 Å². The highest BCUT2D eigenvalue weighted by Gasteiger charge is 2.25. The predicted octanol–water partition coefficient (Wildman–Crippen LogP) is 4.26. The summed E-state index contributed by atoms with van der Waals surface area (Å²) in [6.07, 6.45) is 0. The molecule has 2 aromatic carbocycles. The molecule has 4 rings (SSSR count). The van der Waals surface area contributed by atoms with Crippen LogP contribution in [0.2, 0.25) is 0 Å². The van der Waals surface area contributed by atoms with Gasteiger partial charge in [-0.25, -0.2) is 0 Å². The average molecular weight is 438 g/mol. The Kier molecular flexibility index (Phi) is 5.63. The summed E-state index contributed by atoms with van der Waals surface area (Å²) in [5.41, 5.74) is 1.28. The molecule has 10 heteroatoms. The maximum absolute atomic E-state index is 11.3. The molecule has 0 atom stereocenters. The Morgan fingerprint density at radius 1 is 0.903 bits per heavy atom. The van der Waals surface area contributed by atoms with Crippen molar-refractivity contribution < 1.29 is 14.3 Å². The van der Waals surface area contributed by atoms with Crippen molar-refractivity contribution in [3.63, 3.8) is 0 Å². The number of hydrogen-bond donors (Lipinski definition) is 0. The number of hydrogen-bond acceptors (Lipinski definition) is 7. The molecule has 1 aliphatic heterocycles. The van der Waals surface area contributed by atoms with Gasteiger partial charge < -0.3 is 14.2 Å². The average Bonchev–Trinajstić information content (AvgIpc) is 3.29. The normalized spacial score (nSPS) is 13.8. The summed E-state index contributed by atoms with van der Waals surface area (Å²) in [6, 6.07) is 16.4. The number of nitro groups is 2. The summed E-state index contributed by atoms with van der Waals surface area (Å²) in [4.78, 5) is 26.0. The van der Waals surface area contributed by atoms with Crippen LogP contribution in [0.4, 0.5) is 17.1 Å². The van der Waals surface area contributed by atoms with Gasteiger partial charge in [0, 0.05) is 49.9 Å². The first-order valence-electron chi connectivity index (χ1n) is 9.56. The number of nitrogens with zero attached hydrogens (tertiary/aromatic N) is 4. The standard InChI is InChI=1S/C21H18N4O5S/c26-24(27)16-5-3-4-15(14-16)19-8-9-20(30-19)21(31)23-12-10-22(11-13-23)17-6-1-2-7-18(17)25(28)29/h1-9,14H,10-13H2. The molecule has 0 spiro atoms. The molecule has 0 radical (unpaired) electrons. The fraction of sp³-hybridized carbons (Fsp3) is 0.190. The third-order valence-electron chi connectivity index (χ3n) is 5.14.